The van der Waals surface area contributed by atoms with Crippen LogP contribution in [0, 0.1) is 3.57 Å². The van der Waals surface area contributed by atoms with Gasteiger partial charge >= 0.3 is 0 Å². The number of rotatable bonds is 4. The molecule has 0 radical (unpaired) electrons. The van der Waals surface area contributed by atoms with Crippen molar-refractivity contribution in [3.63, 3.8) is 0 Å². The first kappa shape index (κ1) is 11.4. The Labute approximate surface area is 108 Å². The molecule has 2 heterocycles. The summed E-state index contributed by atoms with van der Waals surface area (Å²) in [5, 5.41) is 7.40. The number of nitrogens with zero attached hydrogens (tertiary/aromatic N) is 3. The molecule has 16 heavy (non-hydrogen) atoms. The molecule has 0 aliphatic carbocycles. The van der Waals surface area contributed by atoms with Crippen molar-refractivity contribution < 1.29 is 0 Å². The van der Waals surface area contributed by atoms with Crippen molar-refractivity contribution >= 4 is 28.4 Å². The molecule has 0 unspecified atom stereocenters. The molecule has 84 valence electrons. The van der Waals surface area contributed by atoms with E-state index in [0.717, 1.165) is 28.0 Å². The van der Waals surface area contributed by atoms with Gasteiger partial charge in [-0.1, -0.05) is 6.07 Å². The minimum Gasteiger partial charge on any atom is -0.370 e. The van der Waals surface area contributed by atoms with E-state index in [0.29, 0.717) is 0 Å². The zero-order valence-electron chi connectivity index (χ0n) is 9.02. The summed E-state index contributed by atoms with van der Waals surface area (Å²) >= 11 is 2.25. The lowest BCUT2D eigenvalue weighted by Gasteiger charge is -2.04. The van der Waals surface area contributed by atoms with Crippen molar-refractivity contribution in [3.05, 3.63) is 39.9 Å². The summed E-state index contributed by atoms with van der Waals surface area (Å²) in [4.78, 5) is 4.32. The number of halogens is 1. The van der Waals surface area contributed by atoms with Crippen molar-refractivity contribution in [2.75, 3.05) is 11.9 Å². The van der Waals surface area contributed by atoms with Crippen LogP contribution in [0.3, 0.4) is 0 Å². The zero-order chi connectivity index (χ0) is 11.4. The van der Waals surface area contributed by atoms with E-state index in [1.807, 2.05) is 29.3 Å². The van der Waals surface area contributed by atoms with Crippen LogP contribution in [-0.2, 0) is 6.54 Å². The van der Waals surface area contributed by atoms with E-state index < -0.39 is 0 Å². The Morgan fingerprint density at radius 1 is 1.38 bits per heavy atom. The van der Waals surface area contributed by atoms with E-state index in [4.69, 9.17) is 0 Å². The molecule has 4 nitrogen and oxygen atoms in total. The summed E-state index contributed by atoms with van der Waals surface area (Å²) in [7, 11) is 0. The molecule has 0 bridgehead atoms. The van der Waals surface area contributed by atoms with Crippen molar-refractivity contribution in [2.24, 2.45) is 0 Å². The second kappa shape index (κ2) is 5.29. The Morgan fingerprint density at radius 2 is 2.25 bits per heavy atom. The molecule has 0 spiro atoms. The Kier molecular flexibility index (Phi) is 3.76. The quantitative estimate of drug-likeness (QED) is 0.877. The SMILES string of the molecule is CCNc1ccc(Cn2cc(I)cn2)cn1. The normalized spacial score (nSPS) is 10.4. The Hall–Kier alpha value is -1.11. The number of hydrogen-bond donors (Lipinski definition) is 1. The molecular weight excluding hydrogens is 315 g/mol. The van der Waals surface area contributed by atoms with Gasteiger partial charge in [-0.15, -0.1) is 0 Å². The van der Waals surface area contributed by atoms with Gasteiger partial charge in [0.2, 0.25) is 0 Å². The van der Waals surface area contributed by atoms with Crippen LogP contribution >= 0.6 is 22.6 Å². The molecule has 0 saturated heterocycles. The molecule has 0 saturated carbocycles. The van der Waals surface area contributed by atoms with Gasteiger partial charge < -0.3 is 5.32 Å². The van der Waals surface area contributed by atoms with E-state index in [-0.39, 0.29) is 0 Å². The van der Waals surface area contributed by atoms with Crippen molar-refractivity contribution in [3.8, 4) is 0 Å². The third kappa shape index (κ3) is 2.94. The summed E-state index contributed by atoms with van der Waals surface area (Å²) in [6.07, 6.45) is 5.74. The minimum absolute atomic E-state index is 0.766. The van der Waals surface area contributed by atoms with Crippen LogP contribution < -0.4 is 5.32 Å². The average Bonchev–Trinajstić information content (AvgIpc) is 2.67. The number of nitrogens with one attached hydrogen (secondary N) is 1. The maximum absolute atomic E-state index is 4.32. The highest BCUT2D eigenvalue weighted by atomic mass is 127. The van der Waals surface area contributed by atoms with Gasteiger partial charge in [-0.05, 0) is 41.1 Å². The molecular formula is C11H13IN4. The maximum Gasteiger partial charge on any atom is 0.125 e. The number of aromatic nitrogens is 3. The lowest BCUT2D eigenvalue weighted by Crippen LogP contribution is -2.02. The second-order valence-electron chi connectivity index (χ2n) is 3.44. The van der Waals surface area contributed by atoms with Gasteiger partial charge in [0.1, 0.15) is 5.82 Å². The van der Waals surface area contributed by atoms with Crippen LogP contribution in [0.5, 0.6) is 0 Å². The second-order valence-corrected chi connectivity index (χ2v) is 4.68. The molecule has 1 N–H and O–H groups in total. The summed E-state index contributed by atoms with van der Waals surface area (Å²) in [5.41, 5.74) is 1.15. The van der Waals surface area contributed by atoms with Crippen LogP contribution in [0.4, 0.5) is 5.82 Å². The van der Waals surface area contributed by atoms with E-state index in [2.05, 4.69) is 51.0 Å². The van der Waals surface area contributed by atoms with Gasteiger partial charge in [-0.3, -0.25) is 4.68 Å². The van der Waals surface area contributed by atoms with Crippen LogP contribution in [-0.4, -0.2) is 21.3 Å². The van der Waals surface area contributed by atoms with Gasteiger partial charge in [0, 0.05) is 18.9 Å². The average molecular weight is 328 g/mol. The molecule has 0 amide bonds. The van der Waals surface area contributed by atoms with Crippen molar-refractivity contribution in [1.82, 2.24) is 14.8 Å². The highest BCUT2D eigenvalue weighted by molar-refractivity contribution is 14.1. The largest absolute Gasteiger partial charge is 0.370 e. The smallest absolute Gasteiger partial charge is 0.125 e. The fraction of sp³-hybridized carbons (Fsp3) is 0.273. The van der Waals surface area contributed by atoms with Gasteiger partial charge in [0.05, 0.1) is 16.3 Å². The third-order valence-electron chi connectivity index (χ3n) is 2.13. The van der Waals surface area contributed by atoms with Gasteiger partial charge in [0.25, 0.3) is 0 Å². The number of pyridine rings is 1. The van der Waals surface area contributed by atoms with E-state index in [1.54, 1.807) is 0 Å². The molecule has 0 aromatic carbocycles. The highest BCUT2D eigenvalue weighted by Gasteiger charge is 1.98. The standard InChI is InChI=1S/C11H13IN4/c1-2-13-11-4-3-9(5-14-11)7-16-8-10(12)6-15-16/h3-6,8H,2,7H2,1H3,(H,13,14). The lowest BCUT2D eigenvalue weighted by atomic mass is 10.3. The topological polar surface area (TPSA) is 42.7 Å². The summed E-state index contributed by atoms with van der Waals surface area (Å²) in [6, 6.07) is 4.06. The molecule has 0 aliphatic rings. The van der Waals surface area contributed by atoms with E-state index in [1.165, 1.54) is 0 Å². The van der Waals surface area contributed by atoms with E-state index in [9.17, 15) is 0 Å². The van der Waals surface area contributed by atoms with Crippen LogP contribution in [0.15, 0.2) is 30.7 Å². The molecule has 0 atom stereocenters. The van der Waals surface area contributed by atoms with Crippen molar-refractivity contribution in [2.45, 2.75) is 13.5 Å². The molecule has 2 rings (SSSR count). The zero-order valence-corrected chi connectivity index (χ0v) is 11.2. The first-order valence-corrected chi connectivity index (χ1v) is 6.22. The fourth-order valence-corrected chi connectivity index (χ4v) is 1.86. The highest BCUT2D eigenvalue weighted by Crippen LogP contribution is 2.07. The fourth-order valence-electron chi connectivity index (χ4n) is 1.42. The van der Waals surface area contributed by atoms with Gasteiger partial charge in [0.15, 0.2) is 0 Å². The first-order chi connectivity index (χ1) is 7.78. The Morgan fingerprint density at radius 3 is 2.81 bits per heavy atom. The molecule has 2 aromatic rings. The Balaban J connectivity index is 2.05. The predicted octanol–water partition coefficient (Wildman–Crippen LogP) is 2.36. The van der Waals surface area contributed by atoms with Crippen LogP contribution in [0.1, 0.15) is 12.5 Å². The van der Waals surface area contributed by atoms with Gasteiger partial charge in [-0.25, -0.2) is 4.98 Å². The predicted molar refractivity (Wildman–Crippen MR) is 72.4 cm³/mol. The lowest BCUT2D eigenvalue weighted by molar-refractivity contribution is 0.684. The molecule has 2 aromatic heterocycles. The minimum atomic E-state index is 0.766. The van der Waals surface area contributed by atoms with Crippen LogP contribution in [0.2, 0.25) is 0 Å². The summed E-state index contributed by atoms with van der Waals surface area (Å²) in [6.45, 7) is 3.72. The molecule has 0 aliphatic heterocycles. The van der Waals surface area contributed by atoms with Gasteiger partial charge in [-0.2, -0.15) is 5.10 Å². The first-order valence-electron chi connectivity index (χ1n) is 5.14. The van der Waals surface area contributed by atoms with E-state index >= 15 is 0 Å². The molecule has 0 fully saturated rings. The molecule has 5 heteroatoms. The monoisotopic (exact) mass is 328 g/mol. The third-order valence-corrected chi connectivity index (χ3v) is 2.69. The summed E-state index contributed by atoms with van der Waals surface area (Å²) < 4.78 is 3.06. The summed E-state index contributed by atoms with van der Waals surface area (Å²) in [5.74, 6) is 0.918. The van der Waals surface area contributed by atoms with Crippen molar-refractivity contribution in [1.29, 1.82) is 0 Å². The number of hydrogen-bond acceptors (Lipinski definition) is 3. The number of anilines is 1. The van der Waals surface area contributed by atoms with Crippen LogP contribution in [0.25, 0.3) is 0 Å². The Bertz CT molecular complexity index is 449. The maximum atomic E-state index is 4.32.